The first-order valence-corrected chi connectivity index (χ1v) is 6.86. The zero-order chi connectivity index (χ0) is 14.0. The predicted octanol–water partition coefficient (Wildman–Crippen LogP) is 3.44. The quantitative estimate of drug-likeness (QED) is 0.884. The van der Waals surface area contributed by atoms with Crippen LogP contribution in [0.25, 0.3) is 0 Å². The highest BCUT2D eigenvalue weighted by atomic mass is 16.5. The molecule has 1 N–H and O–H groups in total. The van der Waals surface area contributed by atoms with E-state index in [1.165, 1.54) is 11.1 Å². The van der Waals surface area contributed by atoms with Gasteiger partial charge in [0, 0.05) is 6.42 Å². The van der Waals surface area contributed by atoms with E-state index in [-0.39, 0.29) is 17.9 Å². The van der Waals surface area contributed by atoms with E-state index >= 15 is 0 Å². The van der Waals surface area contributed by atoms with Crippen molar-refractivity contribution in [1.29, 1.82) is 0 Å². The van der Waals surface area contributed by atoms with Crippen molar-refractivity contribution in [3.63, 3.8) is 0 Å². The number of hydrogen-bond acceptors (Lipinski definition) is 2. The molecule has 0 saturated carbocycles. The molecular formula is C16H22O3. The zero-order valence-electron chi connectivity index (χ0n) is 11.9. The molecule has 1 aromatic rings. The van der Waals surface area contributed by atoms with E-state index in [4.69, 9.17) is 9.84 Å². The fourth-order valence-corrected chi connectivity index (χ4v) is 2.61. The van der Waals surface area contributed by atoms with Crippen LogP contribution in [0, 0.1) is 5.41 Å². The minimum absolute atomic E-state index is 0.158. The smallest absolute Gasteiger partial charge is 0.303 e. The highest BCUT2D eigenvalue weighted by Gasteiger charge is 2.22. The molecule has 1 aliphatic rings. The number of carbonyl (C=O) groups is 1. The Balaban J connectivity index is 1.97. The first-order chi connectivity index (χ1) is 8.85. The Bertz CT molecular complexity index is 477. The minimum atomic E-state index is -0.721. The van der Waals surface area contributed by atoms with Crippen LogP contribution in [0.2, 0.25) is 0 Å². The maximum absolute atomic E-state index is 10.8. The molecule has 0 aliphatic carbocycles. The van der Waals surface area contributed by atoms with Crippen LogP contribution in [-0.2, 0) is 17.6 Å². The monoisotopic (exact) mass is 262 g/mol. The van der Waals surface area contributed by atoms with Crippen LogP contribution in [0.5, 0.6) is 5.75 Å². The van der Waals surface area contributed by atoms with Gasteiger partial charge in [-0.3, -0.25) is 4.79 Å². The van der Waals surface area contributed by atoms with Gasteiger partial charge in [0.05, 0.1) is 6.42 Å². The minimum Gasteiger partial charge on any atom is -0.490 e. The lowest BCUT2D eigenvalue weighted by Gasteiger charge is -2.22. The van der Waals surface area contributed by atoms with Crippen molar-refractivity contribution in [2.24, 2.45) is 5.41 Å². The van der Waals surface area contributed by atoms with Crippen LogP contribution < -0.4 is 4.74 Å². The van der Waals surface area contributed by atoms with Crippen LogP contribution in [0.4, 0.5) is 0 Å². The summed E-state index contributed by atoms with van der Waals surface area (Å²) in [6.07, 6.45) is 3.27. The third kappa shape index (κ3) is 3.72. The first kappa shape index (κ1) is 13.9. The van der Waals surface area contributed by atoms with Gasteiger partial charge in [-0.25, -0.2) is 0 Å². The summed E-state index contributed by atoms with van der Waals surface area (Å²) < 4.78 is 5.68. The Morgan fingerprint density at radius 2 is 2.21 bits per heavy atom. The molecule has 3 heteroatoms. The van der Waals surface area contributed by atoms with Crippen molar-refractivity contribution in [2.75, 3.05) is 0 Å². The topological polar surface area (TPSA) is 46.5 Å². The van der Waals surface area contributed by atoms with E-state index in [0.29, 0.717) is 0 Å². The fraction of sp³-hybridized carbons (Fsp3) is 0.562. The standard InChI is InChI=1S/C16H22O3/c1-11-8-13-9-12(4-5-14(13)19-11)6-7-16(2,3)10-15(17)18/h4-5,9,11H,6-8,10H2,1-3H3,(H,17,18). The summed E-state index contributed by atoms with van der Waals surface area (Å²) in [7, 11) is 0. The third-order valence-electron chi connectivity index (χ3n) is 3.68. The number of ether oxygens (including phenoxy) is 1. The molecule has 0 bridgehead atoms. The highest BCUT2D eigenvalue weighted by Crippen LogP contribution is 2.31. The molecule has 0 radical (unpaired) electrons. The average Bonchev–Trinajstić information content (AvgIpc) is 2.64. The van der Waals surface area contributed by atoms with E-state index in [0.717, 1.165) is 25.0 Å². The molecule has 19 heavy (non-hydrogen) atoms. The largest absolute Gasteiger partial charge is 0.490 e. The second kappa shape index (κ2) is 5.24. The van der Waals surface area contributed by atoms with Crippen LogP contribution in [0.15, 0.2) is 18.2 Å². The van der Waals surface area contributed by atoms with Gasteiger partial charge in [-0.15, -0.1) is 0 Å². The molecule has 104 valence electrons. The molecule has 2 rings (SSSR count). The van der Waals surface area contributed by atoms with Gasteiger partial charge in [-0.1, -0.05) is 26.0 Å². The molecule has 3 nitrogen and oxygen atoms in total. The highest BCUT2D eigenvalue weighted by molar-refractivity contribution is 5.67. The predicted molar refractivity (Wildman–Crippen MR) is 74.6 cm³/mol. The number of aryl methyl sites for hydroxylation is 1. The van der Waals surface area contributed by atoms with Crippen LogP contribution in [0.1, 0.15) is 44.7 Å². The summed E-state index contributed by atoms with van der Waals surface area (Å²) in [4.78, 5) is 10.8. The second-order valence-corrected chi connectivity index (χ2v) is 6.31. The van der Waals surface area contributed by atoms with Gasteiger partial charge in [0.2, 0.25) is 0 Å². The van der Waals surface area contributed by atoms with Gasteiger partial charge in [-0.05, 0) is 42.4 Å². The van der Waals surface area contributed by atoms with Gasteiger partial charge in [0.1, 0.15) is 11.9 Å². The Morgan fingerprint density at radius 3 is 2.89 bits per heavy atom. The Labute approximate surface area is 114 Å². The van der Waals surface area contributed by atoms with Crippen molar-refractivity contribution in [2.45, 2.75) is 52.6 Å². The summed E-state index contributed by atoms with van der Waals surface area (Å²) in [5, 5.41) is 8.89. The van der Waals surface area contributed by atoms with E-state index in [2.05, 4.69) is 19.1 Å². The molecule has 0 amide bonds. The SMILES string of the molecule is CC1Cc2cc(CCC(C)(C)CC(=O)O)ccc2O1. The zero-order valence-corrected chi connectivity index (χ0v) is 11.9. The van der Waals surface area contributed by atoms with Gasteiger partial charge < -0.3 is 9.84 Å². The average molecular weight is 262 g/mol. The number of carboxylic acid groups (broad SMARTS) is 1. The maximum atomic E-state index is 10.8. The van der Waals surface area contributed by atoms with Crippen LogP contribution in [-0.4, -0.2) is 17.2 Å². The van der Waals surface area contributed by atoms with E-state index < -0.39 is 5.97 Å². The van der Waals surface area contributed by atoms with Crippen molar-refractivity contribution in [3.05, 3.63) is 29.3 Å². The molecule has 1 heterocycles. The van der Waals surface area contributed by atoms with Gasteiger partial charge in [-0.2, -0.15) is 0 Å². The molecule has 1 aliphatic heterocycles. The molecule has 1 aromatic carbocycles. The molecule has 1 atom stereocenters. The summed E-state index contributed by atoms with van der Waals surface area (Å²) in [6.45, 7) is 6.11. The van der Waals surface area contributed by atoms with Crippen LogP contribution >= 0.6 is 0 Å². The van der Waals surface area contributed by atoms with Gasteiger partial charge in [0.15, 0.2) is 0 Å². The number of hydrogen-bond donors (Lipinski definition) is 1. The van der Waals surface area contributed by atoms with Gasteiger partial charge >= 0.3 is 5.97 Å². The van der Waals surface area contributed by atoms with Crippen LogP contribution in [0.3, 0.4) is 0 Å². The molecule has 1 unspecified atom stereocenters. The normalized spacial score (nSPS) is 17.9. The van der Waals surface area contributed by atoms with E-state index in [1.54, 1.807) is 0 Å². The Morgan fingerprint density at radius 1 is 1.47 bits per heavy atom. The maximum Gasteiger partial charge on any atom is 0.303 e. The molecule has 0 saturated heterocycles. The number of rotatable bonds is 5. The Hall–Kier alpha value is -1.51. The van der Waals surface area contributed by atoms with Crippen molar-refractivity contribution in [3.8, 4) is 5.75 Å². The summed E-state index contributed by atoms with van der Waals surface area (Å²) in [5.41, 5.74) is 2.39. The number of aliphatic carboxylic acids is 1. The van der Waals surface area contributed by atoms with E-state index in [1.807, 2.05) is 19.9 Å². The lowest BCUT2D eigenvalue weighted by Crippen LogP contribution is -2.17. The number of benzene rings is 1. The lowest BCUT2D eigenvalue weighted by molar-refractivity contribution is -0.139. The van der Waals surface area contributed by atoms with Crippen molar-refractivity contribution >= 4 is 5.97 Å². The second-order valence-electron chi connectivity index (χ2n) is 6.31. The molecule has 0 aromatic heterocycles. The fourth-order valence-electron chi connectivity index (χ4n) is 2.61. The first-order valence-electron chi connectivity index (χ1n) is 6.86. The molecule has 0 spiro atoms. The number of fused-ring (bicyclic) bond motifs is 1. The van der Waals surface area contributed by atoms with E-state index in [9.17, 15) is 4.79 Å². The Kier molecular flexibility index (Phi) is 3.83. The van der Waals surface area contributed by atoms with Gasteiger partial charge in [0.25, 0.3) is 0 Å². The summed E-state index contributed by atoms with van der Waals surface area (Å²) in [5.74, 6) is 0.280. The van der Waals surface area contributed by atoms with Crippen molar-refractivity contribution in [1.82, 2.24) is 0 Å². The number of carboxylic acids is 1. The molecule has 0 fully saturated rings. The lowest BCUT2D eigenvalue weighted by atomic mass is 9.83. The van der Waals surface area contributed by atoms with Crippen molar-refractivity contribution < 1.29 is 14.6 Å². The molecular weight excluding hydrogens is 240 g/mol. The summed E-state index contributed by atoms with van der Waals surface area (Å²) in [6, 6.07) is 6.34. The summed E-state index contributed by atoms with van der Waals surface area (Å²) >= 11 is 0. The third-order valence-corrected chi connectivity index (χ3v) is 3.68.